The fourth-order valence-electron chi connectivity index (χ4n) is 3.26. The van der Waals surface area contributed by atoms with Crippen LogP contribution < -0.4 is 5.73 Å². The summed E-state index contributed by atoms with van der Waals surface area (Å²) in [5.74, 6) is -0.113. The van der Waals surface area contributed by atoms with Gasteiger partial charge in [-0.15, -0.1) is 0 Å². The number of piperazine rings is 1. The number of nitrogens with zero attached hydrogens (tertiary/aromatic N) is 2. The SMILES string of the molecule is NC1CCCCCC1C(=O)N1CCN(CC(F)(F)F)CC1. The van der Waals surface area contributed by atoms with E-state index < -0.39 is 12.7 Å². The highest BCUT2D eigenvalue weighted by molar-refractivity contribution is 5.79. The largest absolute Gasteiger partial charge is 0.401 e. The molecule has 122 valence electrons. The smallest absolute Gasteiger partial charge is 0.340 e. The van der Waals surface area contributed by atoms with E-state index in [1.807, 2.05) is 0 Å². The van der Waals surface area contributed by atoms with E-state index in [1.54, 1.807) is 4.90 Å². The number of hydrogen-bond acceptors (Lipinski definition) is 3. The second-order valence-corrected chi connectivity index (χ2v) is 6.12. The molecule has 0 radical (unpaired) electrons. The molecule has 0 aromatic heterocycles. The molecule has 1 amide bonds. The van der Waals surface area contributed by atoms with Crippen LogP contribution in [0.2, 0.25) is 0 Å². The van der Waals surface area contributed by atoms with Crippen molar-refractivity contribution in [3.8, 4) is 0 Å². The summed E-state index contributed by atoms with van der Waals surface area (Å²) in [6, 6.07) is -0.104. The summed E-state index contributed by atoms with van der Waals surface area (Å²) in [6.45, 7) is 0.425. The summed E-state index contributed by atoms with van der Waals surface area (Å²) >= 11 is 0. The molecule has 0 aromatic rings. The van der Waals surface area contributed by atoms with Crippen molar-refractivity contribution < 1.29 is 18.0 Å². The van der Waals surface area contributed by atoms with Crippen LogP contribution in [0.25, 0.3) is 0 Å². The topological polar surface area (TPSA) is 49.6 Å². The average Bonchev–Trinajstić information content (AvgIpc) is 2.62. The van der Waals surface area contributed by atoms with E-state index in [2.05, 4.69) is 0 Å². The molecule has 2 N–H and O–H groups in total. The zero-order valence-corrected chi connectivity index (χ0v) is 12.2. The minimum absolute atomic E-state index is 0.0380. The van der Waals surface area contributed by atoms with Gasteiger partial charge in [0.25, 0.3) is 0 Å². The lowest BCUT2D eigenvalue weighted by Crippen LogP contribution is -2.53. The Hall–Kier alpha value is -0.820. The molecule has 2 rings (SSSR count). The molecule has 1 heterocycles. The third-order valence-corrected chi connectivity index (χ3v) is 4.47. The lowest BCUT2D eigenvalue weighted by molar-refractivity contribution is -0.153. The molecular formula is C14H24F3N3O. The first-order valence-corrected chi connectivity index (χ1v) is 7.70. The summed E-state index contributed by atoms with van der Waals surface area (Å²) in [4.78, 5) is 15.6. The highest BCUT2D eigenvalue weighted by Gasteiger charge is 2.35. The molecule has 21 heavy (non-hydrogen) atoms. The van der Waals surface area contributed by atoms with E-state index >= 15 is 0 Å². The molecule has 2 fully saturated rings. The number of rotatable bonds is 2. The van der Waals surface area contributed by atoms with Crippen LogP contribution in [0.1, 0.15) is 32.1 Å². The Morgan fingerprint density at radius 3 is 2.29 bits per heavy atom. The molecular weight excluding hydrogens is 283 g/mol. The van der Waals surface area contributed by atoms with E-state index in [4.69, 9.17) is 5.73 Å². The maximum atomic E-state index is 12.5. The van der Waals surface area contributed by atoms with E-state index in [9.17, 15) is 18.0 Å². The number of nitrogens with two attached hydrogens (primary N) is 1. The van der Waals surface area contributed by atoms with Crippen molar-refractivity contribution in [2.45, 2.75) is 44.3 Å². The fourth-order valence-corrected chi connectivity index (χ4v) is 3.26. The van der Waals surface area contributed by atoms with Gasteiger partial charge in [0.05, 0.1) is 12.5 Å². The second-order valence-electron chi connectivity index (χ2n) is 6.12. The van der Waals surface area contributed by atoms with Crippen LogP contribution >= 0.6 is 0 Å². The molecule has 1 aliphatic heterocycles. The standard InChI is InChI=1S/C14H24F3N3O/c15-14(16,17)10-19-6-8-20(9-7-19)13(21)11-4-2-1-3-5-12(11)18/h11-12H,1-10,18H2. The third kappa shape index (κ3) is 4.85. The minimum atomic E-state index is -4.17. The van der Waals surface area contributed by atoms with Gasteiger partial charge in [-0.05, 0) is 12.8 Å². The lowest BCUT2D eigenvalue weighted by atomic mass is 9.93. The van der Waals surface area contributed by atoms with E-state index in [-0.39, 0.29) is 31.0 Å². The summed E-state index contributed by atoms with van der Waals surface area (Å²) in [5.41, 5.74) is 6.09. The van der Waals surface area contributed by atoms with Gasteiger partial charge in [-0.1, -0.05) is 19.3 Å². The Labute approximate surface area is 123 Å². The molecule has 0 bridgehead atoms. The van der Waals surface area contributed by atoms with E-state index in [0.29, 0.717) is 13.1 Å². The first-order chi connectivity index (χ1) is 9.87. The number of carbonyl (C=O) groups excluding carboxylic acids is 1. The van der Waals surface area contributed by atoms with Crippen molar-refractivity contribution >= 4 is 5.91 Å². The maximum absolute atomic E-state index is 12.5. The predicted octanol–water partition coefficient (Wildman–Crippen LogP) is 1.60. The first kappa shape index (κ1) is 16.5. The van der Waals surface area contributed by atoms with E-state index in [0.717, 1.165) is 32.1 Å². The van der Waals surface area contributed by atoms with Crippen LogP contribution in [-0.2, 0) is 4.79 Å². The van der Waals surface area contributed by atoms with Gasteiger partial charge in [0.2, 0.25) is 5.91 Å². The maximum Gasteiger partial charge on any atom is 0.401 e. The van der Waals surface area contributed by atoms with Crippen LogP contribution in [0.4, 0.5) is 13.2 Å². The number of carbonyl (C=O) groups is 1. The van der Waals surface area contributed by atoms with Gasteiger partial charge in [0.15, 0.2) is 0 Å². The molecule has 2 aliphatic rings. The molecule has 0 aromatic carbocycles. The van der Waals surface area contributed by atoms with Gasteiger partial charge in [0.1, 0.15) is 0 Å². The van der Waals surface area contributed by atoms with Gasteiger partial charge < -0.3 is 10.6 Å². The summed E-state index contributed by atoms with van der Waals surface area (Å²) in [6.07, 6.45) is 0.683. The van der Waals surface area contributed by atoms with Crippen molar-refractivity contribution in [2.75, 3.05) is 32.7 Å². The molecule has 2 unspecified atom stereocenters. The summed E-state index contributed by atoms with van der Waals surface area (Å²) < 4.78 is 37.0. The molecule has 1 saturated carbocycles. The zero-order chi connectivity index (χ0) is 15.5. The average molecular weight is 307 g/mol. The fraction of sp³-hybridized carbons (Fsp3) is 0.929. The van der Waals surface area contributed by atoms with Gasteiger partial charge >= 0.3 is 6.18 Å². The Morgan fingerprint density at radius 1 is 1.05 bits per heavy atom. The normalized spacial score (nSPS) is 29.2. The Balaban J connectivity index is 1.85. The van der Waals surface area contributed by atoms with E-state index in [1.165, 1.54) is 4.90 Å². The number of alkyl halides is 3. The lowest BCUT2D eigenvalue weighted by Gasteiger charge is -2.37. The van der Waals surface area contributed by atoms with Gasteiger partial charge in [0, 0.05) is 32.2 Å². The van der Waals surface area contributed by atoms with Crippen molar-refractivity contribution in [3.63, 3.8) is 0 Å². The molecule has 4 nitrogen and oxygen atoms in total. The predicted molar refractivity (Wildman–Crippen MR) is 73.6 cm³/mol. The van der Waals surface area contributed by atoms with Crippen molar-refractivity contribution in [1.82, 2.24) is 9.80 Å². The Morgan fingerprint density at radius 2 is 1.67 bits per heavy atom. The number of halogens is 3. The van der Waals surface area contributed by atoms with Gasteiger partial charge in [-0.3, -0.25) is 9.69 Å². The van der Waals surface area contributed by atoms with Crippen molar-refractivity contribution in [2.24, 2.45) is 11.7 Å². The molecule has 1 aliphatic carbocycles. The van der Waals surface area contributed by atoms with Crippen LogP contribution in [0, 0.1) is 5.92 Å². The molecule has 1 saturated heterocycles. The number of amides is 1. The van der Waals surface area contributed by atoms with Gasteiger partial charge in [-0.25, -0.2) is 0 Å². The molecule has 7 heteroatoms. The Bertz CT molecular complexity index is 354. The van der Waals surface area contributed by atoms with Gasteiger partial charge in [-0.2, -0.15) is 13.2 Å². The van der Waals surface area contributed by atoms with Crippen molar-refractivity contribution in [3.05, 3.63) is 0 Å². The first-order valence-electron chi connectivity index (χ1n) is 7.70. The highest BCUT2D eigenvalue weighted by Crippen LogP contribution is 2.25. The quantitative estimate of drug-likeness (QED) is 0.788. The minimum Gasteiger partial charge on any atom is -0.340 e. The zero-order valence-electron chi connectivity index (χ0n) is 12.2. The third-order valence-electron chi connectivity index (χ3n) is 4.47. The monoisotopic (exact) mass is 307 g/mol. The highest BCUT2D eigenvalue weighted by atomic mass is 19.4. The summed E-state index contributed by atoms with van der Waals surface area (Å²) in [7, 11) is 0. The molecule has 2 atom stereocenters. The summed E-state index contributed by atoms with van der Waals surface area (Å²) in [5, 5.41) is 0. The number of hydrogen-bond donors (Lipinski definition) is 1. The van der Waals surface area contributed by atoms with Crippen LogP contribution in [0.3, 0.4) is 0 Å². The van der Waals surface area contributed by atoms with Crippen molar-refractivity contribution in [1.29, 1.82) is 0 Å². The Kier molecular flexibility index (Phi) is 5.48. The van der Waals surface area contributed by atoms with Crippen LogP contribution in [0.15, 0.2) is 0 Å². The van der Waals surface area contributed by atoms with Crippen LogP contribution in [0.5, 0.6) is 0 Å². The van der Waals surface area contributed by atoms with Crippen LogP contribution in [-0.4, -0.2) is 60.6 Å². The molecule has 0 spiro atoms. The second kappa shape index (κ2) is 6.96.